The highest BCUT2D eigenvalue weighted by atomic mass is 35.5. The lowest BCUT2D eigenvalue weighted by Crippen LogP contribution is -2.05. The molecule has 0 fully saturated rings. The Hall–Kier alpha value is -2.59. The summed E-state index contributed by atoms with van der Waals surface area (Å²) in [6.07, 6.45) is -0.0968. The molecular weight excluding hydrogens is 312 g/mol. The molecule has 0 amide bonds. The molecule has 0 atom stereocenters. The van der Waals surface area contributed by atoms with Crippen molar-refractivity contribution in [3.05, 3.63) is 70.9 Å². The quantitative estimate of drug-likeness (QED) is 0.740. The van der Waals surface area contributed by atoms with Gasteiger partial charge in [0.15, 0.2) is 0 Å². The van der Waals surface area contributed by atoms with Gasteiger partial charge in [-0.3, -0.25) is 9.78 Å². The van der Waals surface area contributed by atoms with E-state index in [9.17, 15) is 4.79 Å². The number of carboxylic acid groups (broad SMARTS) is 1. The molecular formula is C18H15ClN2O2. The molecule has 1 heterocycles. The highest BCUT2D eigenvalue weighted by Gasteiger charge is 2.08. The number of benzene rings is 2. The maximum Gasteiger partial charge on any atom is 0.309 e. The number of carboxylic acids is 1. The number of aliphatic carboxylic acids is 1. The number of nitrogens with zero attached hydrogens (tertiary/aromatic N) is 1. The van der Waals surface area contributed by atoms with Crippen LogP contribution < -0.4 is 5.32 Å². The van der Waals surface area contributed by atoms with Gasteiger partial charge in [-0.2, -0.15) is 0 Å². The van der Waals surface area contributed by atoms with Gasteiger partial charge in [-0.15, -0.1) is 0 Å². The average Bonchev–Trinajstić information content (AvgIpc) is 2.53. The average molecular weight is 327 g/mol. The smallest absolute Gasteiger partial charge is 0.309 e. The van der Waals surface area contributed by atoms with Crippen LogP contribution in [-0.4, -0.2) is 16.1 Å². The Balaban J connectivity index is 1.91. The Bertz CT molecular complexity index is 847. The summed E-state index contributed by atoms with van der Waals surface area (Å²) in [6, 6.07) is 17.1. The van der Waals surface area contributed by atoms with Crippen LogP contribution in [-0.2, 0) is 17.8 Å². The minimum atomic E-state index is -0.892. The molecule has 0 bridgehead atoms. The van der Waals surface area contributed by atoms with Crippen LogP contribution in [0.3, 0.4) is 0 Å². The Morgan fingerprint density at radius 2 is 1.87 bits per heavy atom. The summed E-state index contributed by atoms with van der Waals surface area (Å²) >= 11 is 5.89. The SMILES string of the molecule is O=C(O)Cc1cc(NCc2ccc(Cl)cc2)c2ccccc2n1. The van der Waals surface area contributed by atoms with E-state index in [4.69, 9.17) is 16.7 Å². The molecule has 0 unspecified atom stereocenters. The minimum absolute atomic E-state index is 0.0968. The van der Waals surface area contributed by atoms with E-state index in [-0.39, 0.29) is 6.42 Å². The summed E-state index contributed by atoms with van der Waals surface area (Å²) in [7, 11) is 0. The standard InChI is InChI=1S/C18H15ClN2O2/c19-13-7-5-12(6-8-13)11-20-17-9-14(10-18(22)23)21-16-4-2-1-3-15(16)17/h1-9H,10-11H2,(H,20,21)(H,22,23). The summed E-state index contributed by atoms with van der Waals surface area (Å²) < 4.78 is 0. The lowest BCUT2D eigenvalue weighted by Gasteiger charge is -2.11. The number of carbonyl (C=O) groups is 1. The molecule has 0 aliphatic carbocycles. The lowest BCUT2D eigenvalue weighted by molar-refractivity contribution is -0.136. The third-order valence-electron chi connectivity index (χ3n) is 3.50. The van der Waals surface area contributed by atoms with Crippen LogP contribution in [0.15, 0.2) is 54.6 Å². The molecule has 0 radical (unpaired) electrons. The van der Waals surface area contributed by atoms with Crippen molar-refractivity contribution >= 4 is 34.2 Å². The first-order chi connectivity index (χ1) is 11.1. The van der Waals surface area contributed by atoms with Gasteiger partial charge in [-0.05, 0) is 29.8 Å². The fourth-order valence-corrected chi connectivity index (χ4v) is 2.55. The number of aromatic nitrogens is 1. The number of rotatable bonds is 5. The molecule has 0 aliphatic heterocycles. The second kappa shape index (κ2) is 6.67. The molecule has 3 aromatic rings. The van der Waals surface area contributed by atoms with Gasteiger partial charge in [0.2, 0.25) is 0 Å². The van der Waals surface area contributed by atoms with Crippen molar-refractivity contribution in [2.45, 2.75) is 13.0 Å². The van der Waals surface area contributed by atoms with Crippen molar-refractivity contribution in [2.75, 3.05) is 5.32 Å². The van der Waals surface area contributed by atoms with Crippen molar-refractivity contribution in [2.24, 2.45) is 0 Å². The summed E-state index contributed by atoms with van der Waals surface area (Å²) in [5, 5.41) is 14.0. The number of hydrogen-bond acceptors (Lipinski definition) is 3. The van der Waals surface area contributed by atoms with E-state index in [0.29, 0.717) is 17.3 Å². The summed E-state index contributed by atoms with van der Waals surface area (Å²) in [5.74, 6) is -0.892. The van der Waals surface area contributed by atoms with Gasteiger partial charge in [0, 0.05) is 22.6 Å². The number of hydrogen-bond donors (Lipinski definition) is 2. The zero-order valence-corrected chi connectivity index (χ0v) is 13.0. The maximum atomic E-state index is 11.0. The van der Waals surface area contributed by atoms with E-state index in [0.717, 1.165) is 22.2 Å². The first-order valence-electron chi connectivity index (χ1n) is 7.20. The largest absolute Gasteiger partial charge is 0.481 e. The summed E-state index contributed by atoms with van der Waals surface area (Å²) in [6.45, 7) is 0.623. The third-order valence-corrected chi connectivity index (χ3v) is 3.75. The van der Waals surface area contributed by atoms with Gasteiger partial charge in [-0.25, -0.2) is 0 Å². The predicted octanol–water partition coefficient (Wildman–Crippen LogP) is 4.13. The van der Waals surface area contributed by atoms with E-state index >= 15 is 0 Å². The number of pyridine rings is 1. The Morgan fingerprint density at radius 1 is 1.13 bits per heavy atom. The molecule has 3 rings (SSSR count). The second-order valence-corrected chi connectivity index (χ2v) is 5.67. The van der Waals surface area contributed by atoms with Gasteiger partial charge in [0.1, 0.15) is 0 Å². The number of halogens is 1. The lowest BCUT2D eigenvalue weighted by atomic mass is 10.1. The highest BCUT2D eigenvalue weighted by molar-refractivity contribution is 6.30. The molecule has 2 aromatic carbocycles. The van der Waals surface area contributed by atoms with Crippen LogP contribution in [0.25, 0.3) is 10.9 Å². The van der Waals surface area contributed by atoms with E-state index < -0.39 is 5.97 Å². The van der Waals surface area contributed by atoms with Crippen molar-refractivity contribution in [3.63, 3.8) is 0 Å². The van der Waals surface area contributed by atoms with Crippen LogP contribution in [0.2, 0.25) is 5.02 Å². The summed E-state index contributed by atoms with van der Waals surface area (Å²) in [5.41, 5.74) is 3.29. The Morgan fingerprint density at radius 3 is 2.61 bits per heavy atom. The summed E-state index contributed by atoms with van der Waals surface area (Å²) in [4.78, 5) is 15.4. The highest BCUT2D eigenvalue weighted by Crippen LogP contribution is 2.24. The molecule has 2 N–H and O–H groups in total. The zero-order chi connectivity index (χ0) is 16.2. The van der Waals surface area contributed by atoms with E-state index in [1.807, 2.05) is 48.5 Å². The molecule has 5 heteroatoms. The van der Waals surface area contributed by atoms with Gasteiger partial charge in [0.05, 0.1) is 17.6 Å². The van der Waals surface area contributed by atoms with Crippen LogP contribution >= 0.6 is 11.6 Å². The first-order valence-corrected chi connectivity index (χ1v) is 7.58. The first kappa shape index (κ1) is 15.3. The number of fused-ring (bicyclic) bond motifs is 1. The predicted molar refractivity (Wildman–Crippen MR) is 91.9 cm³/mol. The maximum absolute atomic E-state index is 11.0. The number of para-hydroxylation sites is 1. The van der Waals surface area contributed by atoms with Crippen LogP contribution in [0.5, 0.6) is 0 Å². The van der Waals surface area contributed by atoms with Gasteiger partial charge in [-0.1, -0.05) is 41.9 Å². The minimum Gasteiger partial charge on any atom is -0.481 e. The van der Waals surface area contributed by atoms with Crippen molar-refractivity contribution in [1.29, 1.82) is 0 Å². The van der Waals surface area contributed by atoms with Crippen molar-refractivity contribution in [3.8, 4) is 0 Å². The molecule has 4 nitrogen and oxygen atoms in total. The van der Waals surface area contributed by atoms with E-state index in [1.165, 1.54) is 0 Å². The molecule has 116 valence electrons. The van der Waals surface area contributed by atoms with Crippen molar-refractivity contribution in [1.82, 2.24) is 4.98 Å². The van der Waals surface area contributed by atoms with Crippen molar-refractivity contribution < 1.29 is 9.90 Å². The molecule has 0 spiro atoms. The second-order valence-electron chi connectivity index (χ2n) is 5.23. The molecule has 0 saturated heterocycles. The molecule has 0 aliphatic rings. The number of nitrogens with one attached hydrogen (secondary N) is 1. The fraction of sp³-hybridized carbons (Fsp3) is 0.111. The zero-order valence-electron chi connectivity index (χ0n) is 12.3. The Labute approximate surface area is 138 Å². The monoisotopic (exact) mass is 326 g/mol. The third kappa shape index (κ3) is 3.79. The fourth-order valence-electron chi connectivity index (χ4n) is 2.42. The van der Waals surface area contributed by atoms with Crippen LogP contribution in [0.1, 0.15) is 11.3 Å². The Kier molecular flexibility index (Phi) is 4.44. The molecule has 1 aromatic heterocycles. The van der Waals surface area contributed by atoms with Gasteiger partial charge >= 0.3 is 5.97 Å². The number of anilines is 1. The van der Waals surface area contributed by atoms with Gasteiger partial charge in [0.25, 0.3) is 0 Å². The van der Waals surface area contributed by atoms with Crippen LogP contribution in [0.4, 0.5) is 5.69 Å². The van der Waals surface area contributed by atoms with Gasteiger partial charge < -0.3 is 10.4 Å². The topological polar surface area (TPSA) is 62.2 Å². The van der Waals surface area contributed by atoms with E-state index in [2.05, 4.69) is 10.3 Å². The molecule has 0 saturated carbocycles. The van der Waals surface area contributed by atoms with E-state index in [1.54, 1.807) is 6.07 Å². The normalized spacial score (nSPS) is 10.7. The van der Waals surface area contributed by atoms with Crippen LogP contribution in [0, 0.1) is 0 Å². The molecule has 23 heavy (non-hydrogen) atoms.